The summed E-state index contributed by atoms with van der Waals surface area (Å²) >= 11 is 1.71. The van der Waals surface area contributed by atoms with Crippen LogP contribution in [-0.2, 0) is 6.42 Å². The molecule has 3 nitrogen and oxygen atoms in total. The van der Waals surface area contributed by atoms with Crippen LogP contribution in [0.2, 0.25) is 0 Å². The highest BCUT2D eigenvalue weighted by Crippen LogP contribution is 2.29. The zero-order valence-electron chi connectivity index (χ0n) is 10.9. The highest BCUT2D eigenvalue weighted by Gasteiger charge is 2.23. The molecule has 2 heterocycles. The molecular weight excluding hydrogens is 242 g/mol. The second-order valence-electron chi connectivity index (χ2n) is 5.30. The van der Waals surface area contributed by atoms with Gasteiger partial charge in [-0.25, -0.2) is 4.98 Å². The van der Waals surface area contributed by atoms with Crippen molar-refractivity contribution < 1.29 is 0 Å². The molecule has 0 aromatic carbocycles. The second kappa shape index (κ2) is 5.41. The molecule has 98 valence electrons. The Morgan fingerprint density at radius 1 is 1.50 bits per heavy atom. The van der Waals surface area contributed by atoms with Crippen molar-refractivity contribution in [2.75, 3.05) is 7.05 Å². The lowest BCUT2D eigenvalue weighted by Gasteiger charge is -2.22. The van der Waals surface area contributed by atoms with Crippen LogP contribution in [0, 0.1) is 5.92 Å². The molecule has 1 N–H and O–H groups in total. The predicted molar refractivity (Wildman–Crippen MR) is 76.2 cm³/mol. The van der Waals surface area contributed by atoms with Gasteiger partial charge in [0.05, 0.1) is 5.69 Å². The molecule has 0 amide bonds. The molecule has 3 rings (SSSR count). The zero-order chi connectivity index (χ0) is 12.4. The number of aryl methyl sites for hydroxylation is 1. The minimum absolute atomic E-state index is 0.673. The van der Waals surface area contributed by atoms with E-state index in [1.807, 2.05) is 0 Å². The summed E-state index contributed by atoms with van der Waals surface area (Å²) in [4.78, 5) is 5.78. The van der Waals surface area contributed by atoms with Crippen LogP contribution in [-0.4, -0.2) is 22.5 Å². The minimum Gasteiger partial charge on any atom is -0.317 e. The monoisotopic (exact) mass is 263 g/mol. The van der Waals surface area contributed by atoms with Crippen molar-refractivity contribution in [3.05, 3.63) is 23.5 Å². The van der Waals surface area contributed by atoms with E-state index in [0.29, 0.717) is 6.04 Å². The van der Waals surface area contributed by atoms with E-state index >= 15 is 0 Å². The molecule has 0 bridgehead atoms. The third-order valence-electron chi connectivity index (χ3n) is 4.19. The first-order valence-corrected chi connectivity index (χ1v) is 7.83. The highest BCUT2D eigenvalue weighted by molar-refractivity contribution is 7.15. The van der Waals surface area contributed by atoms with E-state index in [-0.39, 0.29) is 0 Å². The van der Waals surface area contributed by atoms with E-state index in [9.17, 15) is 0 Å². The summed E-state index contributed by atoms with van der Waals surface area (Å²) in [6.07, 6.45) is 12.2. The minimum atomic E-state index is 0.673. The lowest BCUT2D eigenvalue weighted by molar-refractivity contribution is 0.359. The largest absolute Gasteiger partial charge is 0.317 e. The van der Waals surface area contributed by atoms with Crippen molar-refractivity contribution >= 4 is 16.3 Å². The van der Waals surface area contributed by atoms with E-state index in [1.54, 1.807) is 11.3 Å². The van der Waals surface area contributed by atoms with E-state index < -0.39 is 0 Å². The van der Waals surface area contributed by atoms with Gasteiger partial charge in [0.15, 0.2) is 4.96 Å². The molecule has 1 atom stereocenters. The number of imidazole rings is 1. The van der Waals surface area contributed by atoms with Gasteiger partial charge in [-0.3, -0.25) is 4.40 Å². The maximum atomic E-state index is 4.66. The van der Waals surface area contributed by atoms with Crippen LogP contribution in [0.4, 0.5) is 0 Å². The van der Waals surface area contributed by atoms with Crippen LogP contribution < -0.4 is 5.32 Å². The first kappa shape index (κ1) is 12.2. The Morgan fingerprint density at radius 2 is 2.33 bits per heavy atom. The maximum absolute atomic E-state index is 4.66. The average molecular weight is 263 g/mol. The van der Waals surface area contributed by atoms with Crippen LogP contribution in [0.15, 0.2) is 17.8 Å². The molecular formula is C14H21N3S. The molecule has 0 spiro atoms. The fourth-order valence-corrected chi connectivity index (χ4v) is 3.89. The number of nitrogens with one attached hydrogen (secondary N) is 1. The predicted octanol–water partition coefficient (Wildman–Crippen LogP) is 3.11. The average Bonchev–Trinajstić information content (AvgIpc) is 3.04. The topological polar surface area (TPSA) is 29.3 Å². The van der Waals surface area contributed by atoms with Crippen molar-refractivity contribution in [1.82, 2.24) is 14.7 Å². The molecule has 1 aliphatic carbocycles. The Bertz CT molecular complexity index is 467. The Balaban J connectivity index is 1.60. The maximum Gasteiger partial charge on any atom is 0.193 e. The number of hydrogen-bond donors (Lipinski definition) is 1. The molecule has 2 aromatic rings. The number of thiazole rings is 1. The van der Waals surface area contributed by atoms with Crippen molar-refractivity contribution in [3.8, 4) is 0 Å². The van der Waals surface area contributed by atoms with Gasteiger partial charge in [-0.15, -0.1) is 11.3 Å². The van der Waals surface area contributed by atoms with Gasteiger partial charge in [0.1, 0.15) is 0 Å². The lowest BCUT2D eigenvalue weighted by Crippen LogP contribution is -2.32. The summed E-state index contributed by atoms with van der Waals surface area (Å²) in [7, 11) is 2.11. The molecule has 1 saturated carbocycles. The normalized spacial score (nSPS) is 18.7. The summed E-state index contributed by atoms with van der Waals surface area (Å²) in [5.74, 6) is 0.888. The van der Waals surface area contributed by atoms with E-state index in [1.165, 1.54) is 37.8 Å². The standard InChI is InChI=1S/C14H21N3S/c1-15-13(11-4-2-3-5-11)7-6-12-10-17-8-9-18-14(17)16-12/h8-11,13,15H,2-7H2,1H3. The molecule has 0 saturated heterocycles. The smallest absolute Gasteiger partial charge is 0.193 e. The van der Waals surface area contributed by atoms with Gasteiger partial charge in [0.25, 0.3) is 0 Å². The van der Waals surface area contributed by atoms with Crippen LogP contribution in [0.25, 0.3) is 4.96 Å². The molecule has 1 aliphatic rings. The molecule has 1 fully saturated rings. The first-order chi connectivity index (χ1) is 8.86. The Labute approximate surface area is 112 Å². The molecule has 1 unspecified atom stereocenters. The fourth-order valence-electron chi connectivity index (χ4n) is 3.18. The number of fused-ring (bicyclic) bond motifs is 1. The molecule has 18 heavy (non-hydrogen) atoms. The van der Waals surface area contributed by atoms with Gasteiger partial charge >= 0.3 is 0 Å². The van der Waals surface area contributed by atoms with Crippen LogP contribution in [0.1, 0.15) is 37.8 Å². The van der Waals surface area contributed by atoms with Crippen molar-refractivity contribution in [1.29, 1.82) is 0 Å². The third-order valence-corrected chi connectivity index (χ3v) is 4.97. The summed E-state index contributed by atoms with van der Waals surface area (Å²) in [5, 5.41) is 5.59. The van der Waals surface area contributed by atoms with Gasteiger partial charge in [0, 0.05) is 23.8 Å². The number of rotatable bonds is 5. The molecule has 0 aliphatic heterocycles. The van der Waals surface area contributed by atoms with Crippen LogP contribution in [0.5, 0.6) is 0 Å². The van der Waals surface area contributed by atoms with E-state index in [4.69, 9.17) is 0 Å². The van der Waals surface area contributed by atoms with Gasteiger partial charge in [-0.1, -0.05) is 12.8 Å². The SMILES string of the molecule is CNC(CCc1cn2ccsc2n1)C1CCCC1. The summed E-state index contributed by atoms with van der Waals surface area (Å²) in [5.41, 5.74) is 1.24. The second-order valence-corrected chi connectivity index (χ2v) is 6.18. The van der Waals surface area contributed by atoms with Gasteiger partial charge < -0.3 is 5.32 Å². The zero-order valence-corrected chi connectivity index (χ0v) is 11.7. The van der Waals surface area contributed by atoms with Gasteiger partial charge in [-0.2, -0.15) is 0 Å². The molecule has 0 radical (unpaired) electrons. The summed E-state index contributed by atoms with van der Waals surface area (Å²) in [6.45, 7) is 0. The highest BCUT2D eigenvalue weighted by atomic mass is 32.1. The van der Waals surface area contributed by atoms with Crippen LogP contribution >= 0.6 is 11.3 Å². The molecule has 2 aromatic heterocycles. The van der Waals surface area contributed by atoms with Crippen LogP contribution in [0.3, 0.4) is 0 Å². The summed E-state index contributed by atoms with van der Waals surface area (Å²) < 4.78 is 2.13. The summed E-state index contributed by atoms with van der Waals surface area (Å²) in [6, 6.07) is 0.673. The first-order valence-electron chi connectivity index (χ1n) is 6.95. The van der Waals surface area contributed by atoms with Crippen molar-refractivity contribution in [2.24, 2.45) is 5.92 Å². The number of hydrogen-bond acceptors (Lipinski definition) is 3. The van der Waals surface area contributed by atoms with Crippen molar-refractivity contribution in [2.45, 2.75) is 44.6 Å². The molecule has 4 heteroatoms. The van der Waals surface area contributed by atoms with Gasteiger partial charge in [-0.05, 0) is 38.6 Å². The Hall–Kier alpha value is -0.870. The quantitative estimate of drug-likeness (QED) is 0.898. The van der Waals surface area contributed by atoms with Gasteiger partial charge in [0.2, 0.25) is 0 Å². The fraction of sp³-hybridized carbons (Fsp3) is 0.643. The van der Waals surface area contributed by atoms with E-state index in [0.717, 1.165) is 17.3 Å². The Kier molecular flexibility index (Phi) is 3.66. The Morgan fingerprint density at radius 3 is 3.06 bits per heavy atom. The third kappa shape index (κ3) is 2.45. The lowest BCUT2D eigenvalue weighted by atomic mass is 9.94. The number of aromatic nitrogens is 2. The van der Waals surface area contributed by atoms with E-state index in [2.05, 4.69) is 39.5 Å². The number of nitrogens with zero attached hydrogens (tertiary/aromatic N) is 2. The van der Waals surface area contributed by atoms with Crippen molar-refractivity contribution in [3.63, 3.8) is 0 Å².